The number of nitro benzene ring substituents is 1. The number of hydrogen-bond acceptors (Lipinski definition) is 4. The summed E-state index contributed by atoms with van der Waals surface area (Å²) in [6.45, 7) is 1.29. The molecule has 2 aromatic carbocycles. The number of hydrogen-bond donors (Lipinski definition) is 2. The molecular weight excluding hydrogens is 482 g/mol. The van der Waals surface area contributed by atoms with E-state index in [1.807, 2.05) is 0 Å². The smallest absolute Gasteiger partial charge is 0.269 e. The van der Waals surface area contributed by atoms with E-state index in [4.69, 9.17) is 0 Å². The van der Waals surface area contributed by atoms with Gasteiger partial charge in [0.1, 0.15) is 5.82 Å². The van der Waals surface area contributed by atoms with Crippen molar-refractivity contribution in [1.82, 2.24) is 10.6 Å². The highest BCUT2D eigenvalue weighted by atomic mass is 127. The summed E-state index contributed by atoms with van der Waals surface area (Å²) in [5.41, 5.74) is 1.01. The average molecular weight is 504 g/mol. The Bertz CT molecular complexity index is 742. The van der Waals surface area contributed by atoms with Gasteiger partial charge < -0.3 is 10.6 Å². The monoisotopic (exact) mass is 504 g/mol. The quantitative estimate of drug-likeness (QED) is 0.107. The molecule has 9 heteroatoms. The molecule has 0 atom stereocenters. The zero-order valence-electron chi connectivity index (χ0n) is 14.9. The van der Waals surface area contributed by atoms with Crippen LogP contribution in [0.2, 0.25) is 0 Å². The number of nitrogens with one attached hydrogen (secondary N) is 2. The fourth-order valence-electron chi connectivity index (χ4n) is 2.14. The summed E-state index contributed by atoms with van der Waals surface area (Å²) in [6, 6.07) is 12.9. The third-order valence-corrected chi connectivity index (χ3v) is 4.62. The molecule has 6 nitrogen and oxygen atoms in total. The topological polar surface area (TPSA) is 79.6 Å². The molecule has 2 aromatic rings. The summed E-state index contributed by atoms with van der Waals surface area (Å²) in [4.78, 5) is 15.4. The van der Waals surface area contributed by atoms with Gasteiger partial charge in [0, 0.05) is 37.2 Å². The van der Waals surface area contributed by atoms with E-state index in [1.54, 1.807) is 43.1 Å². The molecule has 0 radical (unpaired) electrons. The molecule has 0 aliphatic rings. The van der Waals surface area contributed by atoms with Gasteiger partial charge in [-0.15, -0.1) is 35.7 Å². The van der Waals surface area contributed by atoms with Crippen LogP contribution in [0.25, 0.3) is 0 Å². The molecule has 0 fully saturated rings. The van der Waals surface area contributed by atoms with Crippen LogP contribution in [0.3, 0.4) is 0 Å². The van der Waals surface area contributed by atoms with Crippen molar-refractivity contribution in [2.75, 3.05) is 19.3 Å². The second-order valence-corrected chi connectivity index (χ2v) is 6.60. The lowest BCUT2D eigenvalue weighted by Crippen LogP contribution is -2.37. The number of rotatable bonds is 8. The molecule has 0 unspecified atom stereocenters. The molecular formula is C18H22FIN4O2S. The Labute approximate surface area is 179 Å². The van der Waals surface area contributed by atoms with Crippen LogP contribution < -0.4 is 10.6 Å². The molecule has 0 saturated carbocycles. The number of halogens is 2. The molecule has 0 bridgehead atoms. The molecule has 146 valence electrons. The van der Waals surface area contributed by atoms with Crippen LogP contribution in [0, 0.1) is 15.9 Å². The van der Waals surface area contributed by atoms with Gasteiger partial charge in [-0.2, -0.15) is 0 Å². The Hall–Kier alpha value is -1.88. The van der Waals surface area contributed by atoms with Crippen molar-refractivity contribution in [3.63, 3.8) is 0 Å². The summed E-state index contributed by atoms with van der Waals surface area (Å²) < 4.78 is 12.8. The minimum absolute atomic E-state index is 0. The van der Waals surface area contributed by atoms with Crippen molar-refractivity contribution in [2.45, 2.75) is 17.9 Å². The second kappa shape index (κ2) is 12.5. The van der Waals surface area contributed by atoms with E-state index in [-0.39, 0.29) is 35.5 Å². The Kier molecular flexibility index (Phi) is 10.7. The normalized spacial score (nSPS) is 10.8. The van der Waals surface area contributed by atoms with Crippen molar-refractivity contribution in [3.05, 3.63) is 70.0 Å². The van der Waals surface area contributed by atoms with Crippen LogP contribution in [0.5, 0.6) is 0 Å². The highest BCUT2D eigenvalue weighted by Crippen LogP contribution is 2.18. The molecule has 0 heterocycles. The van der Waals surface area contributed by atoms with Crippen LogP contribution in [-0.4, -0.2) is 30.2 Å². The first-order chi connectivity index (χ1) is 12.6. The van der Waals surface area contributed by atoms with E-state index < -0.39 is 4.92 Å². The minimum atomic E-state index is -0.415. The van der Waals surface area contributed by atoms with Gasteiger partial charge in [-0.05, 0) is 42.0 Å². The van der Waals surface area contributed by atoms with Gasteiger partial charge >= 0.3 is 0 Å². The molecule has 0 spiro atoms. The lowest BCUT2D eigenvalue weighted by Gasteiger charge is -2.11. The predicted molar refractivity (Wildman–Crippen MR) is 118 cm³/mol. The molecule has 0 saturated heterocycles. The molecule has 0 aliphatic heterocycles. The fourth-order valence-corrected chi connectivity index (χ4v) is 2.99. The zero-order chi connectivity index (χ0) is 18.8. The van der Waals surface area contributed by atoms with E-state index in [2.05, 4.69) is 15.6 Å². The van der Waals surface area contributed by atoms with Crippen LogP contribution in [0.15, 0.2) is 58.4 Å². The van der Waals surface area contributed by atoms with E-state index in [9.17, 15) is 14.5 Å². The van der Waals surface area contributed by atoms with Gasteiger partial charge in [-0.1, -0.05) is 12.1 Å². The third-order valence-electron chi connectivity index (χ3n) is 3.53. The van der Waals surface area contributed by atoms with Crippen LogP contribution in [-0.2, 0) is 6.54 Å². The SMILES string of the molecule is CN=C(NCCCSc1ccc(F)cc1)NCc1ccc([N+](=O)[O-])cc1.I. The van der Waals surface area contributed by atoms with Crippen LogP contribution >= 0.6 is 35.7 Å². The maximum absolute atomic E-state index is 12.8. The lowest BCUT2D eigenvalue weighted by atomic mass is 10.2. The number of nitro groups is 1. The third kappa shape index (κ3) is 8.57. The van der Waals surface area contributed by atoms with Crippen LogP contribution in [0.4, 0.5) is 10.1 Å². The average Bonchev–Trinajstić information content (AvgIpc) is 2.65. The number of thioether (sulfide) groups is 1. The molecule has 0 aliphatic carbocycles. The highest BCUT2D eigenvalue weighted by molar-refractivity contribution is 14.0. The van der Waals surface area contributed by atoms with Crippen molar-refractivity contribution in [1.29, 1.82) is 0 Å². The van der Waals surface area contributed by atoms with E-state index >= 15 is 0 Å². The summed E-state index contributed by atoms with van der Waals surface area (Å²) in [6.07, 6.45) is 0.931. The number of non-ortho nitro benzene ring substituents is 1. The first-order valence-electron chi connectivity index (χ1n) is 8.14. The molecule has 27 heavy (non-hydrogen) atoms. The summed E-state index contributed by atoms with van der Waals surface area (Å²) in [5, 5.41) is 17.0. The van der Waals surface area contributed by atoms with Gasteiger partial charge in [-0.25, -0.2) is 4.39 Å². The fraction of sp³-hybridized carbons (Fsp3) is 0.278. The second-order valence-electron chi connectivity index (χ2n) is 5.43. The summed E-state index contributed by atoms with van der Waals surface area (Å²) in [7, 11) is 1.69. The van der Waals surface area contributed by atoms with E-state index in [0.29, 0.717) is 12.5 Å². The van der Waals surface area contributed by atoms with Gasteiger partial charge in [-0.3, -0.25) is 15.1 Å². The molecule has 2 rings (SSSR count). The zero-order valence-corrected chi connectivity index (χ0v) is 18.0. The first kappa shape index (κ1) is 23.2. The van der Waals surface area contributed by atoms with Gasteiger partial charge in [0.15, 0.2) is 5.96 Å². The summed E-state index contributed by atoms with van der Waals surface area (Å²) >= 11 is 1.68. The van der Waals surface area contributed by atoms with Gasteiger partial charge in [0.05, 0.1) is 4.92 Å². The maximum Gasteiger partial charge on any atom is 0.269 e. The first-order valence-corrected chi connectivity index (χ1v) is 9.13. The molecule has 0 aromatic heterocycles. The van der Waals surface area contributed by atoms with Gasteiger partial charge in [0.25, 0.3) is 5.69 Å². The van der Waals surface area contributed by atoms with Crippen molar-refractivity contribution in [3.8, 4) is 0 Å². The Morgan fingerprint density at radius 2 is 1.81 bits per heavy atom. The molecule has 0 amide bonds. The number of nitrogens with zero attached hydrogens (tertiary/aromatic N) is 2. The lowest BCUT2D eigenvalue weighted by molar-refractivity contribution is -0.384. The summed E-state index contributed by atoms with van der Waals surface area (Å²) in [5.74, 6) is 1.37. The standard InChI is InChI=1S/C18H21FN4O2S.HI/c1-20-18(22-13-14-3-7-16(8-4-14)23(24)25)21-11-2-12-26-17-9-5-15(19)6-10-17;/h3-10H,2,11-13H2,1H3,(H2,20,21,22);1H. The van der Waals surface area contributed by atoms with E-state index in [0.717, 1.165) is 29.2 Å². The van der Waals surface area contributed by atoms with Crippen molar-refractivity contribution < 1.29 is 9.31 Å². The maximum atomic E-state index is 12.8. The Balaban J connectivity index is 0.00000364. The minimum Gasteiger partial charge on any atom is -0.356 e. The molecule has 2 N–H and O–H groups in total. The highest BCUT2D eigenvalue weighted by Gasteiger charge is 2.04. The van der Waals surface area contributed by atoms with E-state index in [1.165, 1.54) is 24.3 Å². The Morgan fingerprint density at radius 1 is 1.15 bits per heavy atom. The Morgan fingerprint density at radius 3 is 2.41 bits per heavy atom. The van der Waals surface area contributed by atoms with Crippen molar-refractivity contribution >= 4 is 47.4 Å². The largest absolute Gasteiger partial charge is 0.356 e. The van der Waals surface area contributed by atoms with Gasteiger partial charge in [0.2, 0.25) is 0 Å². The number of aliphatic imine (C=N–C) groups is 1. The van der Waals surface area contributed by atoms with Crippen LogP contribution in [0.1, 0.15) is 12.0 Å². The number of benzene rings is 2. The van der Waals surface area contributed by atoms with Crippen molar-refractivity contribution in [2.24, 2.45) is 4.99 Å². The number of guanidine groups is 1. The predicted octanol–water partition coefficient (Wildman–Crippen LogP) is 4.20.